The minimum atomic E-state index is 0.415. The predicted octanol–water partition coefficient (Wildman–Crippen LogP) is 2.62. The molecule has 1 rings (SSSR count). The van der Waals surface area contributed by atoms with Crippen LogP contribution in [0.1, 0.15) is 12.0 Å². The zero-order valence-corrected chi connectivity index (χ0v) is 12.2. The molecule has 0 aliphatic carbocycles. The number of ether oxygens (including phenoxy) is 2. The molecule has 1 atom stereocenters. The Balaban J connectivity index is 2.70. The van der Waals surface area contributed by atoms with E-state index >= 15 is 0 Å². The van der Waals surface area contributed by atoms with Crippen molar-refractivity contribution in [1.29, 1.82) is 0 Å². The molecule has 0 saturated carbocycles. The Kier molecular flexibility index (Phi) is 6.55. The van der Waals surface area contributed by atoms with Gasteiger partial charge in [0.2, 0.25) is 0 Å². The molecule has 17 heavy (non-hydrogen) atoms. The fourth-order valence-corrected chi connectivity index (χ4v) is 2.12. The van der Waals surface area contributed by atoms with Gasteiger partial charge in [-0.1, -0.05) is 15.9 Å². The van der Waals surface area contributed by atoms with Gasteiger partial charge in [-0.2, -0.15) is 0 Å². The maximum Gasteiger partial charge on any atom is 0.119 e. The van der Waals surface area contributed by atoms with Gasteiger partial charge in [0.25, 0.3) is 0 Å². The minimum absolute atomic E-state index is 0.415. The summed E-state index contributed by atoms with van der Waals surface area (Å²) in [4.78, 5) is 0. The summed E-state index contributed by atoms with van der Waals surface area (Å²) in [5.41, 5.74) is 1.25. The van der Waals surface area contributed by atoms with Gasteiger partial charge in [-0.3, -0.25) is 0 Å². The van der Waals surface area contributed by atoms with Gasteiger partial charge in [0, 0.05) is 24.2 Å². The van der Waals surface area contributed by atoms with Crippen LogP contribution in [0.15, 0.2) is 22.7 Å². The lowest BCUT2D eigenvalue weighted by Crippen LogP contribution is -2.29. The number of nitrogens with one attached hydrogen (secondary N) is 1. The van der Waals surface area contributed by atoms with Crippen molar-refractivity contribution in [3.05, 3.63) is 28.2 Å². The van der Waals surface area contributed by atoms with Crippen molar-refractivity contribution in [2.24, 2.45) is 0 Å². The Morgan fingerprint density at radius 3 is 2.71 bits per heavy atom. The van der Waals surface area contributed by atoms with Crippen molar-refractivity contribution in [2.75, 3.05) is 27.9 Å². The van der Waals surface area contributed by atoms with Crippen LogP contribution in [0.4, 0.5) is 0 Å². The van der Waals surface area contributed by atoms with Gasteiger partial charge in [-0.25, -0.2) is 0 Å². The summed E-state index contributed by atoms with van der Waals surface area (Å²) in [6.07, 6.45) is 1.95. The fourth-order valence-electron chi connectivity index (χ4n) is 1.71. The summed E-state index contributed by atoms with van der Waals surface area (Å²) < 4.78 is 11.5. The van der Waals surface area contributed by atoms with E-state index in [4.69, 9.17) is 9.47 Å². The average molecular weight is 302 g/mol. The largest absolute Gasteiger partial charge is 0.497 e. The van der Waals surface area contributed by atoms with Crippen LogP contribution >= 0.6 is 15.9 Å². The van der Waals surface area contributed by atoms with E-state index < -0.39 is 0 Å². The second kappa shape index (κ2) is 7.69. The van der Waals surface area contributed by atoms with E-state index in [0.717, 1.165) is 29.7 Å². The normalized spacial score (nSPS) is 12.5. The van der Waals surface area contributed by atoms with E-state index in [1.165, 1.54) is 5.56 Å². The van der Waals surface area contributed by atoms with Crippen LogP contribution in [0, 0.1) is 0 Å². The zero-order chi connectivity index (χ0) is 12.7. The first-order valence-corrected chi connectivity index (χ1v) is 6.49. The Hall–Kier alpha value is -0.580. The van der Waals surface area contributed by atoms with Crippen molar-refractivity contribution in [3.8, 4) is 5.75 Å². The van der Waals surface area contributed by atoms with Crippen molar-refractivity contribution in [3.63, 3.8) is 0 Å². The van der Waals surface area contributed by atoms with E-state index in [1.807, 2.05) is 19.2 Å². The molecule has 0 bridgehead atoms. The number of likely N-dealkylation sites (N-methyl/N-ethyl adjacent to an activating group) is 1. The quantitative estimate of drug-likeness (QED) is 0.840. The number of rotatable bonds is 7. The van der Waals surface area contributed by atoms with Crippen LogP contribution in [-0.4, -0.2) is 33.9 Å². The molecule has 3 nitrogen and oxygen atoms in total. The van der Waals surface area contributed by atoms with Crippen molar-refractivity contribution in [1.82, 2.24) is 5.32 Å². The van der Waals surface area contributed by atoms with E-state index in [9.17, 15) is 0 Å². The van der Waals surface area contributed by atoms with Gasteiger partial charge in [-0.05, 0) is 43.7 Å². The standard InChI is InChI=1S/C13H20BrNO2/c1-15-11(6-7-16-2)8-10-9-12(17-3)4-5-13(10)14/h4-5,9,11,15H,6-8H2,1-3H3. The summed E-state index contributed by atoms with van der Waals surface area (Å²) in [7, 11) is 5.40. The molecule has 0 aromatic heterocycles. The third-order valence-electron chi connectivity index (χ3n) is 2.80. The topological polar surface area (TPSA) is 30.5 Å². The highest BCUT2D eigenvalue weighted by Crippen LogP contribution is 2.24. The second-order valence-electron chi connectivity index (χ2n) is 3.93. The average Bonchev–Trinajstić information content (AvgIpc) is 2.36. The third-order valence-corrected chi connectivity index (χ3v) is 3.57. The number of hydrogen-bond acceptors (Lipinski definition) is 3. The first-order chi connectivity index (χ1) is 8.21. The molecule has 4 heteroatoms. The lowest BCUT2D eigenvalue weighted by atomic mass is 10.0. The van der Waals surface area contributed by atoms with E-state index in [2.05, 4.69) is 27.3 Å². The molecular formula is C13H20BrNO2. The highest BCUT2D eigenvalue weighted by molar-refractivity contribution is 9.10. The van der Waals surface area contributed by atoms with Gasteiger partial charge in [0.15, 0.2) is 0 Å². The van der Waals surface area contributed by atoms with Gasteiger partial charge in [0.1, 0.15) is 5.75 Å². The fraction of sp³-hybridized carbons (Fsp3) is 0.538. The highest BCUT2D eigenvalue weighted by Gasteiger charge is 2.10. The number of halogens is 1. The van der Waals surface area contributed by atoms with Crippen LogP contribution in [0.25, 0.3) is 0 Å². The Bertz CT molecular complexity index is 344. The molecule has 0 aliphatic heterocycles. The lowest BCUT2D eigenvalue weighted by Gasteiger charge is -2.17. The first kappa shape index (κ1) is 14.5. The smallest absolute Gasteiger partial charge is 0.119 e. The predicted molar refractivity (Wildman–Crippen MR) is 73.7 cm³/mol. The first-order valence-electron chi connectivity index (χ1n) is 5.70. The zero-order valence-electron chi connectivity index (χ0n) is 10.6. The molecule has 1 unspecified atom stereocenters. The van der Waals surface area contributed by atoms with Gasteiger partial charge in [0.05, 0.1) is 7.11 Å². The number of methoxy groups -OCH3 is 2. The van der Waals surface area contributed by atoms with Gasteiger partial charge >= 0.3 is 0 Å². The van der Waals surface area contributed by atoms with Gasteiger partial charge in [-0.15, -0.1) is 0 Å². The van der Waals surface area contributed by atoms with Crippen molar-refractivity contribution < 1.29 is 9.47 Å². The monoisotopic (exact) mass is 301 g/mol. The molecule has 0 saturated heterocycles. The summed E-state index contributed by atoms with van der Waals surface area (Å²) in [6.45, 7) is 0.771. The Morgan fingerprint density at radius 2 is 2.12 bits per heavy atom. The SMILES string of the molecule is CNC(CCOC)Cc1cc(OC)ccc1Br. The molecule has 0 fully saturated rings. The third kappa shape index (κ3) is 4.66. The molecule has 96 valence electrons. The minimum Gasteiger partial charge on any atom is -0.497 e. The summed E-state index contributed by atoms with van der Waals surface area (Å²) in [6, 6.07) is 6.47. The molecule has 0 spiro atoms. The summed E-state index contributed by atoms with van der Waals surface area (Å²) in [5.74, 6) is 0.893. The second-order valence-corrected chi connectivity index (χ2v) is 4.78. The summed E-state index contributed by atoms with van der Waals surface area (Å²) >= 11 is 3.57. The lowest BCUT2D eigenvalue weighted by molar-refractivity contribution is 0.184. The van der Waals surface area contributed by atoms with Crippen LogP contribution in [0.5, 0.6) is 5.75 Å². The molecule has 0 heterocycles. The van der Waals surface area contributed by atoms with Crippen LogP contribution in [-0.2, 0) is 11.2 Å². The van der Waals surface area contributed by atoms with E-state index in [1.54, 1.807) is 14.2 Å². The maximum absolute atomic E-state index is 5.24. The Morgan fingerprint density at radius 1 is 1.35 bits per heavy atom. The summed E-state index contributed by atoms with van der Waals surface area (Å²) in [5, 5.41) is 3.31. The number of benzene rings is 1. The van der Waals surface area contributed by atoms with Crippen molar-refractivity contribution in [2.45, 2.75) is 18.9 Å². The van der Waals surface area contributed by atoms with E-state index in [0.29, 0.717) is 6.04 Å². The Labute approximate surface area is 112 Å². The molecule has 1 aromatic carbocycles. The van der Waals surface area contributed by atoms with Crippen LogP contribution in [0.3, 0.4) is 0 Å². The highest BCUT2D eigenvalue weighted by atomic mass is 79.9. The molecule has 0 aliphatic rings. The van der Waals surface area contributed by atoms with Crippen LogP contribution < -0.4 is 10.1 Å². The molecule has 1 N–H and O–H groups in total. The molecule has 1 aromatic rings. The molecular weight excluding hydrogens is 282 g/mol. The molecule has 0 amide bonds. The molecule has 0 radical (unpaired) electrons. The van der Waals surface area contributed by atoms with E-state index in [-0.39, 0.29) is 0 Å². The van der Waals surface area contributed by atoms with Gasteiger partial charge < -0.3 is 14.8 Å². The maximum atomic E-state index is 5.24. The van der Waals surface area contributed by atoms with Crippen molar-refractivity contribution >= 4 is 15.9 Å². The number of hydrogen-bond donors (Lipinski definition) is 1. The van der Waals surface area contributed by atoms with Crippen LogP contribution in [0.2, 0.25) is 0 Å².